The molecule has 3 heteroatoms. The molecule has 0 saturated carbocycles. The zero-order valence-electron chi connectivity index (χ0n) is 5.11. The Kier molecular flexibility index (Phi) is 1.39. The minimum atomic E-state index is 1.01. The van der Waals surface area contributed by atoms with Crippen LogP contribution in [0.2, 0.25) is 0 Å². The highest BCUT2D eigenvalue weighted by atomic mass is 32.1. The average Bonchev–Trinajstić information content (AvgIpc) is 2.36. The molecule has 0 spiro atoms. The third-order valence-electron chi connectivity index (χ3n) is 1.34. The summed E-state index contributed by atoms with van der Waals surface area (Å²) in [6.45, 7) is 0. The van der Waals surface area contributed by atoms with Crippen molar-refractivity contribution in [3.63, 3.8) is 0 Å². The molecule has 0 bridgehead atoms. The molecular formula is C7H5NS2. The maximum absolute atomic E-state index is 4.29. The summed E-state index contributed by atoms with van der Waals surface area (Å²) in [4.78, 5) is 5.16. The molecule has 2 aromatic rings. The van der Waals surface area contributed by atoms with Crippen molar-refractivity contribution in [1.29, 1.82) is 0 Å². The second kappa shape index (κ2) is 2.25. The van der Waals surface area contributed by atoms with Gasteiger partial charge in [-0.3, -0.25) is 0 Å². The van der Waals surface area contributed by atoms with Gasteiger partial charge in [-0.25, -0.2) is 4.98 Å². The summed E-state index contributed by atoms with van der Waals surface area (Å²) in [6, 6.07) is 5.93. The number of fused-ring (bicyclic) bond motifs is 1. The highest BCUT2D eigenvalue weighted by Gasteiger charge is 1.96. The lowest BCUT2D eigenvalue weighted by Crippen LogP contribution is -1.66. The van der Waals surface area contributed by atoms with Gasteiger partial charge < -0.3 is 0 Å². The SMILES string of the molecule is Sc1cccc2ncsc12. The van der Waals surface area contributed by atoms with E-state index in [2.05, 4.69) is 17.6 Å². The van der Waals surface area contributed by atoms with E-state index >= 15 is 0 Å². The molecule has 1 heterocycles. The van der Waals surface area contributed by atoms with Gasteiger partial charge in [-0.2, -0.15) is 0 Å². The zero-order valence-corrected chi connectivity index (χ0v) is 6.82. The van der Waals surface area contributed by atoms with Crippen LogP contribution in [0.5, 0.6) is 0 Å². The van der Waals surface area contributed by atoms with Crippen LogP contribution < -0.4 is 0 Å². The smallest absolute Gasteiger partial charge is 0.0823 e. The third-order valence-corrected chi connectivity index (χ3v) is 2.74. The first kappa shape index (κ1) is 6.19. The number of rotatable bonds is 0. The minimum absolute atomic E-state index is 1.01. The Morgan fingerprint density at radius 2 is 2.30 bits per heavy atom. The Bertz CT molecular complexity index is 353. The topological polar surface area (TPSA) is 12.9 Å². The van der Waals surface area contributed by atoms with Gasteiger partial charge in [0.25, 0.3) is 0 Å². The predicted octanol–water partition coefficient (Wildman–Crippen LogP) is 2.59. The normalized spacial score (nSPS) is 10.5. The van der Waals surface area contributed by atoms with Crippen molar-refractivity contribution in [2.45, 2.75) is 4.90 Å². The fraction of sp³-hybridized carbons (Fsp3) is 0. The third kappa shape index (κ3) is 0.822. The molecule has 0 fully saturated rings. The number of thiol groups is 1. The number of hydrogen-bond donors (Lipinski definition) is 1. The number of hydrogen-bond acceptors (Lipinski definition) is 3. The van der Waals surface area contributed by atoms with Gasteiger partial charge >= 0.3 is 0 Å². The van der Waals surface area contributed by atoms with Crippen LogP contribution in [0, 0.1) is 0 Å². The summed E-state index contributed by atoms with van der Waals surface area (Å²) in [7, 11) is 0. The Balaban J connectivity index is 2.95. The molecule has 0 amide bonds. The molecule has 0 aliphatic rings. The number of aromatic nitrogens is 1. The molecule has 0 atom stereocenters. The van der Waals surface area contributed by atoms with E-state index in [1.165, 1.54) is 4.70 Å². The van der Waals surface area contributed by atoms with Crippen LogP contribution in [-0.2, 0) is 0 Å². The van der Waals surface area contributed by atoms with Crippen molar-refractivity contribution in [1.82, 2.24) is 4.98 Å². The van der Waals surface area contributed by atoms with Crippen LogP contribution in [0.25, 0.3) is 10.2 Å². The summed E-state index contributed by atoms with van der Waals surface area (Å²) >= 11 is 5.91. The van der Waals surface area contributed by atoms with E-state index in [9.17, 15) is 0 Å². The van der Waals surface area contributed by atoms with E-state index in [-0.39, 0.29) is 0 Å². The quantitative estimate of drug-likeness (QED) is 0.595. The Morgan fingerprint density at radius 1 is 1.40 bits per heavy atom. The van der Waals surface area contributed by atoms with Gasteiger partial charge in [-0.05, 0) is 12.1 Å². The van der Waals surface area contributed by atoms with E-state index in [0.717, 1.165) is 10.4 Å². The molecule has 1 aromatic carbocycles. The van der Waals surface area contributed by atoms with Crippen molar-refractivity contribution < 1.29 is 0 Å². The largest absolute Gasteiger partial charge is 0.245 e. The summed E-state index contributed by atoms with van der Waals surface area (Å²) < 4.78 is 1.17. The van der Waals surface area contributed by atoms with Crippen molar-refractivity contribution in [3.8, 4) is 0 Å². The van der Waals surface area contributed by atoms with Gasteiger partial charge in [0.2, 0.25) is 0 Å². The highest BCUT2D eigenvalue weighted by Crippen LogP contribution is 2.24. The lowest BCUT2D eigenvalue weighted by atomic mass is 10.3. The fourth-order valence-corrected chi connectivity index (χ4v) is 1.93. The lowest BCUT2D eigenvalue weighted by molar-refractivity contribution is 1.48. The van der Waals surface area contributed by atoms with E-state index in [4.69, 9.17) is 0 Å². The Morgan fingerprint density at radius 3 is 3.10 bits per heavy atom. The summed E-state index contributed by atoms with van der Waals surface area (Å²) in [6.07, 6.45) is 0. The first-order chi connectivity index (χ1) is 4.88. The van der Waals surface area contributed by atoms with Gasteiger partial charge in [0.15, 0.2) is 0 Å². The molecule has 1 nitrogen and oxygen atoms in total. The molecule has 2 rings (SSSR count). The van der Waals surface area contributed by atoms with E-state index in [1.807, 2.05) is 23.7 Å². The van der Waals surface area contributed by atoms with Gasteiger partial charge in [0.1, 0.15) is 0 Å². The molecule has 1 aromatic heterocycles. The van der Waals surface area contributed by atoms with Crippen molar-refractivity contribution in [2.75, 3.05) is 0 Å². The molecule has 0 aliphatic heterocycles. The van der Waals surface area contributed by atoms with Gasteiger partial charge in [-0.1, -0.05) is 6.07 Å². The standard InChI is InChI=1S/C7H5NS2/c9-6-3-1-2-5-7(6)10-4-8-5/h1-4,9H. The van der Waals surface area contributed by atoms with Crippen molar-refractivity contribution >= 4 is 34.2 Å². The van der Waals surface area contributed by atoms with Crippen LogP contribution in [0.3, 0.4) is 0 Å². The maximum Gasteiger partial charge on any atom is 0.0823 e. The van der Waals surface area contributed by atoms with Crippen molar-refractivity contribution in [2.24, 2.45) is 0 Å². The van der Waals surface area contributed by atoms with E-state index in [1.54, 1.807) is 11.3 Å². The van der Waals surface area contributed by atoms with Crippen LogP contribution >= 0.6 is 24.0 Å². The predicted molar refractivity (Wildman–Crippen MR) is 46.9 cm³/mol. The Hall–Kier alpha value is -0.540. The first-order valence-electron chi connectivity index (χ1n) is 2.89. The molecule has 0 N–H and O–H groups in total. The van der Waals surface area contributed by atoms with Gasteiger partial charge in [0.05, 0.1) is 15.7 Å². The molecule has 50 valence electrons. The lowest BCUT2D eigenvalue weighted by Gasteiger charge is -1.89. The van der Waals surface area contributed by atoms with Crippen molar-refractivity contribution in [3.05, 3.63) is 23.7 Å². The molecule has 0 saturated heterocycles. The highest BCUT2D eigenvalue weighted by molar-refractivity contribution is 7.80. The molecule has 10 heavy (non-hydrogen) atoms. The second-order valence-corrected chi connectivity index (χ2v) is 3.31. The molecule has 0 aliphatic carbocycles. The number of benzene rings is 1. The Labute approximate surface area is 68.1 Å². The molecule has 0 unspecified atom stereocenters. The van der Waals surface area contributed by atoms with E-state index in [0.29, 0.717) is 0 Å². The summed E-state index contributed by atoms with van der Waals surface area (Å²) in [5.41, 5.74) is 2.88. The monoisotopic (exact) mass is 167 g/mol. The molecular weight excluding hydrogens is 162 g/mol. The molecule has 0 radical (unpaired) electrons. The van der Waals surface area contributed by atoms with Gasteiger partial charge in [0, 0.05) is 4.90 Å². The summed E-state index contributed by atoms with van der Waals surface area (Å²) in [5.74, 6) is 0. The summed E-state index contributed by atoms with van der Waals surface area (Å²) in [5, 5.41) is 0. The minimum Gasteiger partial charge on any atom is -0.245 e. The zero-order chi connectivity index (χ0) is 6.97. The number of thiazole rings is 1. The number of nitrogens with zero attached hydrogens (tertiary/aromatic N) is 1. The van der Waals surface area contributed by atoms with Crippen LogP contribution in [0.4, 0.5) is 0 Å². The first-order valence-corrected chi connectivity index (χ1v) is 4.22. The second-order valence-electron chi connectivity index (χ2n) is 1.98. The van der Waals surface area contributed by atoms with Gasteiger partial charge in [-0.15, -0.1) is 24.0 Å². The van der Waals surface area contributed by atoms with Crippen LogP contribution in [0.15, 0.2) is 28.6 Å². The fourth-order valence-electron chi connectivity index (χ4n) is 0.871. The van der Waals surface area contributed by atoms with Crippen LogP contribution in [-0.4, -0.2) is 4.98 Å². The maximum atomic E-state index is 4.29. The average molecular weight is 167 g/mol. The van der Waals surface area contributed by atoms with E-state index < -0.39 is 0 Å². The van der Waals surface area contributed by atoms with Crippen LogP contribution in [0.1, 0.15) is 0 Å².